The first kappa shape index (κ1) is 17.6. The van der Waals surface area contributed by atoms with Crippen LogP contribution in [0.3, 0.4) is 0 Å². The molecule has 0 aromatic heterocycles. The van der Waals surface area contributed by atoms with Gasteiger partial charge in [0.2, 0.25) is 11.8 Å². The number of amides is 2. The number of nitrogens with two attached hydrogens (primary N) is 1. The number of hydrogen-bond acceptors (Lipinski definition) is 4. The molecular weight excluding hydrogens is 272 g/mol. The molecule has 0 aliphatic carbocycles. The molecule has 0 bridgehead atoms. The number of carbonyl (C=O) groups is 3. The van der Waals surface area contributed by atoms with Crippen molar-refractivity contribution in [3.05, 3.63) is 0 Å². The van der Waals surface area contributed by atoms with Crippen LogP contribution in [0.4, 0.5) is 0 Å². The molecule has 6 heteroatoms. The summed E-state index contributed by atoms with van der Waals surface area (Å²) in [6.45, 7) is 5.76. The molecule has 120 valence electrons. The Morgan fingerprint density at radius 1 is 1.43 bits per heavy atom. The minimum absolute atomic E-state index is 0.0640. The van der Waals surface area contributed by atoms with Crippen LogP contribution in [0, 0.1) is 11.8 Å². The quantitative estimate of drug-likeness (QED) is 0.691. The number of hydrogen-bond donors (Lipinski definition) is 2. The number of rotatable bonds is 8. The van der Waals surface area contributed by atoms with Crippen molar-refractivity contribution in [3.63, 3.8) is 0 Å². The van der Waals surface area contributed by atoms with Crippen LogP contribution in [0.15, 0.2) is 0 Å². The fourth-order valence-electron chi connectivity index (χ4n) is 2.47. The first-order valence-corrected chi connectivity index (χ1v) is 7.59. The molecule has 0 saturated carbocycles. The van der Waals surface area contributed by atoms with Gasteiger partial charge in [0, 0.05) is 12.3 Å². The van der Waals surface area contributed by atoms with Gasteiger partial charge in [-0.3, -0.25) is 14.4 Å². The molecule has 2 amide bonds. The molecule has 0 spiro atoms. The largest absolute Gasteiger partial charge is 0.369 e. The summed E-state index contributed by atoms with van der Waals surface area (Å²) in [5.74, 6) is -0.564. The van der Waals surface area contributed by atoms with Gasteiger partial charge < -0.3 is 15.8 Å². The molecule has 1 heterocycles. The number of ether oxygens (including phenoxy) is 1. The molecule has 4 unspecified atom stereocenters. The summed E-state index contributed by atoms with van der Waals surface area (Å²) in [6, 6.07) is -0.510. The van der Waals surface area contributed by atoms with E-state index in [-0.39, 0.29) is 42.1 Å². The van der Waals surface area contributed by atoms with Crippen LogP contribution in [0.1, 0.15) is 46.5 Å². The zero-order chi connectivity index (χ0) is 16.0. The molecule has 4 atom stereocenters. The lowest BCUT2D eigenvalue weighted by Gasteiger charge is -2.18. The van der Waals surface area contributed by atoms with Crippen molar-refractivity contribution >= 4 is 17.6 Å². The van der Waals surface area contributed by atoms with E-state index in [0.717, 1.165) is 6.42 Å². The van der Waals surface area contributed by atoms with Gasteiger partial charge in [-0.05, 0) is 25.2 Å². The third-order valence-corrected chi connectivity index (χ3v) is 4.24. The number of ketones is 1. The van der Waals surface area contributed by atoms with Crippen molar-refractivity contribution in [2.75, 3.05) is 6.61 Å². The van der Waals surface area contributed by atoms with Gasteiger partial charge in [0.15, 0.2) is 5.78 Å². The maximum atomic E-state index is 11.9. The minimum atomic E-state index is -0.510. The van der Waals surface area contributed by atoms with Gasteiger partial charge in [-0.25, -0.2) is 0 Å². The molecule has 1 aliphatic heterocycles. The van der Waals surface area contributed by atoms with Crippen LogP contribution in [0.2, 0.25) is 0 Å². The molecule has 0 radical (unpaired) electrons. The number of carbonyl (C=O) groups excluding carboxylic acids is 3. The van der Waals surface area contributed by atoms with Crippen LogP contribution >= 0.6 is 0 Å². The van der Waals surface area contributed by atoms with Gasteiger partial charge in [-0.15, -0.1) is 0 Å². The molecule has 0 aromatic carbocycles. The van der Waals surface area contributed by atoms with Gasteiger partial charge in [-0.2, -0.15) is 0 Å². The topological polar surface area (TPSA) is 98.5 Å². The second-order valence-corrected chi connectivity index (χ2v) is 5.83. The zero-order valence-electron chi connectivity index (χ0n) is 13.1. The molecule has 1 saturated heterocycles. The Bertz CT molecular complexity index is 397. The summed E-state index contributed by atoms with van der Waals surface area (Å²) in [6.07, 6.45) is 2.25. The predicted octanol–water partition coefficient (Wildman–Crippen LogP) is 0.777. The van der Waals surface area contributed by atoms with Crippen LogP contribution in [0.5, 0.6) is 0 Å². The van der Waals surface area contributed by atoms with Crippen molar-refractivity contribution in [1.82, 2.24) is 5.32 Å². The molecule has 1 rings (SSSR count). The first-order chi connectivity index (χ1) is 9.86. The van der Waals surface area contributed by atoms with Crippen LogP contribution < -0.4 is 11.1 Å². The standard InChI is InChI=1S/C15H26N2O4/c1-4-12-14(11(18)8-21-12)17-13(19)7-5-6-9(2)10(3)15(16)20/h9-10,12,14H,4-8H2,1-3H3,(H2,16,20)(H,17,19). The van der Waals surface area contributed by atoms with Crippen molar-refractivity contribution < 1.29 is 19.1 Å². The molecule has 1 aliphatic rings. The molecule has 3 N–H and O–H groups in total. The maximum absolute atomic E-state index is 11.9. The predicted molar refractivity (Wildman–Crippen MR) is 78.3 cm³/mol. The first-order valence-electron chi connectivity index (χ1n) is 7.59. The lowest BCUT2D eigenvalue weighted by Crippen LogP contribution is -2.44. The molecule has 6 nitrogen and oxygen atoms in total. The van der Waals surface area contributed by atoms with E-state index in [1.165, 1.54) is 0 Å². The van der Waals surface area contributed by atoms with Crippen LogP contribution in [0.25, 0.3) is 0 Å². The van der Waals surface area contributed by atoms with Crippen LogP contribution in [-0.2, 0) is 19.1 Å². The molecule has 21 heavy (non-hydrogen) atoms. The highest BCUT2D eigenvalue weighted by Gasteiger charge is 2.35. The lowest BCUT2D eigenvalue weighted by molar-refractivity contribution is -0.126. The summed E-state index contributed by atoms with van der Waals surface area (Å²) >= 11 is 0. The fourth-order valence-corrected chi connectivity index (χ4v) is 2.47. The average molecular weight is 298 g/mol. The summed E-state index contributed by atoms with van der Waals surface area (Å²) in [5, 5.41) is 2.75. The van der Waals surface area contributed by atoms with Crippen molar-refractivity contribution in [2.24, 2.45) is 17.6 Å². The van der Waals surface area contributed by atoms with E-state index in [1.54, 1.807) is 6.92 Å². The summed E-state index contributed by atoms with van der Waals surface area (Å²) in [4.78, 5) is 34.6. The molecule has 0 aromatic rings. The number of primary amides is 1. The van der Waals surface area contributed by atoms with Gasteiger partial charge in [-0.1, -0.05) is 20.8 Å². The Labute approximate surface area is 125 Å². The average Bonchev–Trinajstić information content (AvgIpc) is 2.78. The van der Waals surface area contributed by atoms with Crippen molar-refractivity contribution in [1.29, 1.82) is 0 Å². The molecule has 1 fully saturated rings. The number of Topliss-reactive ketones (excluding diaryl/α,β-unsaturated/α-hetero) is 1. The fraction of sp³-hybridized carbons (Fsp3) is 0.800. The highest BCUT2D eigenvalue weighted by Crippen LogP contribution is 2.18. The smallest absolute Gasteiger partial charge is 0.220 e. The third kappa shape index (κ3) is 5.12. The van der Waals surface area contributed by atoms with Crippen molar-refractivity contribution in [2.45, 2.75) is 58.6 Å². The lowest BCUT2D eigenvalue weighted by atomic mass is 9.90. The Hall–Kier alpha value is -1.43. The van der Waals surface area contributed by atoms with E-state index in [2.05, 4.69) is 5.32 Å². The Balaban J connectivity index is 2.31. The summed E-state index contributed by atoms with van der Waals surface area (Å²) in [5.41, 5.74) is 5.25. The van der Waals surface area contributed by atoms with Crippen LogP contribution in [-0.4, -0.2) is 36.4 Å². The monoisotopic (exact) mass is 298 g/mol. The van der Waals surface area contributed by atoms with E-state index in [9.17, 15) is 14.4 Å². The Morgan fingerprint density at radius 3 is 2.67 bits per heavy atom. The van der Waals surface area contributed by atoms with E-state index in [4.69, 9.17) is 10.5 Å². The minimum Gasteiger partial charge on any atom is -0.369 e. The van der Waals surface area contributed by atoms with Crippen molar-refractivity contribution in [3.8, 4) is 0 Å². The summed E-state index contributed by atoms with van der Waals surface area (Å²) in [7, 11) is 0. The Kier molecular flexibility index (Phi) is 6.81. The zero-order valence-corrected chi connectivity index (χ0v) is 13.1. The summed E-state index contributed by atoms with van der Waals surface area (Å²) < 4.78 is 5.31. The normalized spacial score (nSPS) is 24.6. The van der Waals surface area contributed by atoms with Gasteiger partial charge >= 0.3 is 0 Å². The maximum Gasteiger partial charge on any atom is 0.220 e. The molecular formula is C15H26N2O4. The van der Waals surface area contributed by atoms with E-state index in [1.807, 2.05) is 13.8 Å². The second kappa shape index (κ2) is 8.12. The number of nitrogens with one attached hydrogen (secondary N) is 1. The second-order valence-electron chi connectivity index (χ2n) is 5.83. The SMILES string of the molecule is CCC1OCC(=O)C1NC(=O)CCCC(C)C(C)C(N)=O. The van der Waals surface area contributed by atoms with Gasteiger partial charge in [0.25, 0.3) is 0 Å². The van der Waals surface area contributed by atoms with E-state index in [0.29, 0.717) is 19.3 Å². The van der Waals surface area contributed by atoms with E-state index < -0.39 is 6.04 Å². The highest BCUT2D eigenvalue weighted by atomic mass is 16.5. The third-order valence-electron chi connectivity index (χ3n) is 4.24. The van der Waals surface area contributed by atoms with E-state index >= 15 is 0 Å². The highest BCUT2D eigenvalue weighted by molar-refractivity contribution is 5.91. The van der Waals surface area contributed by atoms with Gasteiger partial charge in [0.1, 0.15) is 12.6 Å². The van der Waals surface area contributed by atoms with Gasteiger partial charge in [0.05, 0.1) is 6.10 Å². The Morgan fingerprint density at radius 2 is 2.10 bits per heavy atom.